The number of rotatable bonds is 3. The average molecular weight is 334 g/mol. The first-order valence-corrected chi connectivity index (χ1v) is 8.62. The molecule has 1 saturated heterocycles. The van der Waals surface area contributed by atoms with E-state index in [1.54, 1.807) is 11.3 Å². The highest BCUT2D eigenvalue weighted by Gasteiger charge is 2.27. The molecule has 0 radical (unpaired) electrons. The Kier molecular flexibility index (Phi) is 4.30. The van der Waals surface area contributed by atoms with Crippen LogP contribution in [-0.4, -0.2) is 41.0 Å². The van der Waals surface area contributed by atoms with E-state index in [0.29, 0.717) is 0 Å². The fourth-order valence-electron chi connectivity index (χ4n) is 2.59. The van der Waals surface area contributed by atoms with Crippen LogP contribution in [0.2, 0.25) is 0 Å². The summed E-state index contributed by atoms with van der Waals surface area (Å²) in [6.45, 7) is 7.21. The van der Waals surface area contributed by atoms with E-state index < -0.39 is 5.60 Å². The summed E-state index contributed by atoms with van der Waals surface area (Å²) in [6, 6.07) is 6.24. The van der Waals surface area contributed by atoms with Crippen LogP contribution in [0.15, 0.2) is 23.6 Å². The van der Waals surface area contributed by atoms with Crippen LogP contribution in [0.1, 0.15) is 27.2 Å². The van der Waals surface area contributed by atoms with Crippen LogP contribution in [0.25, 0.3) is 10.6 Å². The fourth-order valence-corrected chi connectivity index (χ4v) is 3.28. The number of anilines is 1. The first-order valence-electron chi connectivity index (χ1n) is 7.74. The van der Waals surface area contributed by atoms with E-state index in [1.807, 2.05) is 32.2 Å². The van der Waals surface area contributed by atoms with Crippen molar-refractivity contribution >= 4 is 23.2 Å². The maximum Gasteiger partial charge on any atom is 0.407 e. The second kappa shape index (κ2) is 6.23. The summed E-state index contributed by atoms with van der Waals surface area (Å²) in [4.78, 5) is 15.2. The molecule has 124 valence electrons. The zero-order valence-electron chi connectivity index (χ0n) is 13.6. The van der Waals surface area contributed by atoms with Crippen molar-refractivity contribution in [2.45, 2.75) is 38.8 Å². The lowest BCUT2D eigenvalue weighted by atomic mass is 10.2. The molecule has 3 rings (SSSR count). The molecule has 1 fully saturated rings. The molecule has 6 nitrogen and oxygen atoms in total. The van der Waals surface area contributed by atoms with Crippen molar-refractivity contribution in [1.29, 1.82) is 0 Å². The molecule has 2 aromatic rings. The molecule has 0 aliphatic carbocycles. The molecule has 3 heterocycles. The number of hydrogen-bond donors (Lipinski definition) is 2. The molecule has 1 amide bonds. The van der Waals surface area contributed by atoms with Gasteiger partial charge in [-0.3, -0.25) is 5.10 Å². The number of amides is 1. The minimum atomic E-state index is -0.472. The van der Waals surface area contributed by atoms with Crippen molar-refractivity contribution in [3.8, 4) is 10.6 Å². The predicted octanol–water partition coefficient (Wildman–Crippen LogP) is 3.24. The summed E-state index contributed by atoms with van der Waals surface area (Å²) in [5.41, 5.74) is 0.554. The van der Waals surface area contributed by atoms with Gasteiger partial charge in [0.25, 0.3) is 0 Å². The van der Waals surface area contributed by atoms with Gasteiger partial charge in [0.2, 0.25) is 0 Å². The van der Waals surface area contributed by atoms with Gasteiger partial charge < -0.3 is 15.0 Å². The highest BCUT2D eigenvalue weighted by molar-refractivity contribution is 7.13. The molecule has 1 atom stereocenters. The SMILES string of the molecule is CC(C)(C)OC(=O)NC1CCN(c2cc(-c3cccs3)[nH]n2)C1. The van der Waals surface area contributed by atoms with Crippen molar-refractivity contribution in [3.63, 3.8) is 0 Å². The molecule has 2 aromatic heterocycles. The number of carbonyl (C=O) groups is 1. The summed E-state index contributed by atoms with van der Waals surface area (Å²) in [5, 5.41) is 12.4. The van der Waals surface area contributed by atoms with E-state index in [9.17, 15) is 4.79 Å². The molecule has 2 N–H and O–H groups in total. The number of aromatic nitrogens is 2. The largest absolute Gasteiger partial charge is 0.444 e. The third-order valence-corrected chi connectivity index (χ3v) is 4.49. The van der Waals surface area contributed by atoms with Crippen molar-refractivity contribution < 1.29 is 9.53 Å². The number of thiophene rings is 1. The predicted molar refractivity (Wildman–Crippen MR) is 91.9 cm³/mol. The summed E-state index contributed by atoms with van der Waals surface area (Å²) >= 11 is 1.68. The minimum Gasteiger partial charge on any atom is -0.444 e. The number of H-pyrrole nitrogens is 1. The van der Waals surface area contributed by atoms with Gasteiger partial charge >= 0.3 is 6.09 Å². The molecular formula is C16H22N4O2S. The van der Waals surface area contributed by atoms with Crippen molar-refractivity contribution in [2.24, 2.45) is 0 Å². The quantitative estimate of drug-likeness (QED) is 0.904. The van der Waals surface area contributed by atoms with Crippen LogP contribution < -0.4 is 10.2 Å². The van der Waals surface area contributed by atoms with Crippen LogP contribution >= 0.6 is 11.3 Å². The Morgan fingerprint density at radius 3 is 3.04 bits per heavy atom. The van der Waals surface area contributed by atoms with Gasteiger partial charge in [-0.1, -0.05) is 6.07 Å². The van der Waals surface area contributed by atoms with E-state index in [0.717, 1.165) is 31.0 Å². The average Bonchev–Trinajstić information content (AvgIpc) is 3.17. The Labute approximate surface area is 139 Å². The monoisotopic (exact) mass is 334 g/mol. The Morgan fingerprint density at radius 2 is 2.35 bits per heavy atom. The van der Waals surface area contributed by atoms with Gasteiger partial charge in [0.15, 0.2) is 5.82 Å². The standard InChI is InChI=1S/C16H22N4O2S/c1-16(2,3)22-15(21)17-11-6-7-20(10-11)14-9-12(18-19-14)13-5-4-8-23-13/h4-5,8-9,11H,6-7,10H2,1-3H3,(H,17,21)(H,18,19). The Balaban J connectivity index is 1.57. The molecule has 0 saturated carbocycles. The maximum atomic E-state index is 11.8. The molecule has 1 aliphatic heterocycles. The second-order valence-corrected chi connectivity index (χ2v) is 7.64. The number of aromatic amines is 1. The molecule has 1 unspecified atom stereocenters. The number of alkyl carbamates (subject to hydrolysis) is 1. The number of nitrogens with zero attached hydrogens (tertiary/aromatic N) is 2. The number of carbonyl (C=O) groups excluding carboxylic acids is 1. The molecule has 7 heteroatoms. The Hall–Kier alpha value is -2.02. The van der Waals surface area contributed by atoms with Crippen LogP contribution in [0, 0.1) is 0 Å². The molecule has 0 bridgehead atoms. The van der Waals surface area contributed by atoms with Crippen molar-refractivity contribution in [3.05, 3.63) is 23.6 Å². The van der Waals surface area contributed by atoms with Crippen molar-refractivity contribution in [1.82, 2.24) is 15.5 Å². The number of nitrogens with one attached hydrogen (secondary N) is 2. The smallest absolute Gasteiger partial charge is 0.407 e. The number of hydrogen-bond acceptors (Lipinski definition) is 5. The van der Waals surface area contributed by atoms with Crippen LogP contribution in [-0.2, 0) is 4.74 Å². The third kappa shape index (κ3) is 4.04. The van der Waals surface area contributed by atoms with Gasteiger partial charge in [0, 0.05) is 19.2 Å². The van der Waals surface area contributed by atoms with E-state index >= 15 is 0 Å². The first kappa shape index (κ1) is 15.9. The second-order valence-electron chi connectivity index (χ2n) is 6.69. The van der Waals surface area contributed by atoms with Crippen LogP contribution in [0.4, 0.5) is 10.6 Å². The van der Waals surface area contributed by atoms with Crippen LogP contribution in [0.5, 0.6) is 0 Å². The van der Waals surface area contributed by atoms with Gasteiger partial charge in [-0.15, -0.1) is 11.3 Å². The molecule has 23 heavy (non-hydrogen) atoms. The third-order valence-electron chi connectivity index (χ3n) is 3.58. The summed E-state index contributed by atoms with van der Waals surface area (Å²) in [6.07, 6.45) is 0.533. The molecular weight excluding hydrogens is 312 g/mol. The lowest BCUT2D eigenvalue weighted by Crippen LogP contribution is -2.40. The van der Waals surface area contributed by atoms with Crippen LogP contribution in [0.3, 0.4) is 0 Å². The van der Waals surface area contributed by atoms with Crippen molar-refractivity contribution in [2.75, 3.05) is 18.0 Å². The fraction of sp³-hybridized carbons (Fsp3) is 0.500. The van der Waals surface area contributed by atoms with Gasteiger partial charge in [-0.05, 0) is 38.6 Å². The van der Waals surface area contributed by atoms with E-state index in [2.05, 4.69) is 32.5 Å². The Morgan fingerprint density at radius 1 is 1.52 bits per heavy atom. The van der Waals surface area contributed by atoms with Gasteiger partial charge in [-0.2, -0.15) is 5.10 Å². The summed E-state index contributed by atoms with van der Waals surface area (Å²) < 4.78 is 5.30. The Bertz CT molecular complexity index is 660. The zero-order chi connectivity index (χ0) is 16.4. The maximum absolute atomic E-state index is 11.8. The summed E-state index contributed by atoms with van der Waals surface area (Å²) in [7, 11) is 0. The minimum absolute atomic E-state index is 0.0896. The van der Waals surface area contributed by atoms with E-state index in [4.69, 9.17) is 4.74 Å². The van der Waals surface area contributed by atoms with Gasteiger partial charge in [0.1, 0.15) is 5.60 Å². The lowest BCUT2D eigenvalue weighted by Gasteiger charge is -2.22. The van der Waals surface area contributed by atoms with E-state index in [1.165, 1.54) is 4.88 Å². The van der Waals surface area contributed by atoms with Gasteiger partial charge in [-0.25, -0.2) is 4.79 Å². The number of ether oxygens (including phenoxy) is 1. The highest BCUT2D eigenvalue weighted by Crippen LogP contribution is 2.27. The highest BCUT2D eigenvalue weighted by atomic mass is 32.1. The summed E-state index contributed by atoms with van der Waals surface area (Å²) in [5.74, 6) is 0.918. The topological polar surface area (TPSA) is 70.2 Å². The van der Waals surface area contributed by atoms with E-state index in [-0.39, 0.29) is 12.1 Å². The lowest BCUT2D eigenvalue weighted by molar-refractivity contribution is 0.0509. The molecule has 1 aliphatic rings. The molecule has 0 aromatic carbocycles. The van der Waals surface area contributed by atoms with Gasteiger partial charge in [0.05, 0.1) is 16.6 Å². The molecule has 0 spiro atoms. The first-order chi connectivity index (χ1) is 10.9. The normalized spacial score (nSPS) is 18.2. The zero-order valence-corrected chi connectivity index (χ0v) is 14.4.